The highest BCUT2D eigenvalue weighted by Crippen LogP contribution is 2.19. The average Bonchev–Trinajstić information content (AvgIpc) is 2.22. The number of halogens is 1. The van der Waals surface area contributed by atoms with Gasteiger partial charge in [-0.2, -0.15) is 0 Å². The second-order valence-corrected chi connectivity index (χ2v) is 3.39. The first-order chi connectivity index (χ1) is 7.27. The summed E-state index contributed by atoms with van der Waals surface area (Å²) in [6, 6.07) is 5.02. The average molecular weight is 208 g/mol. The van der Waals surface area contributed by atoms with Gasteiger partial charge in [-0.05, 0) is 31.0 Å². The van der Waals surface area contributed by atoms with Crippen molar-refractivity contribution in [3.05, 3.63) is 35.7 Å². The molecule has 0 saturated carbocycles. The van der Waals surface area contributed by atoms with Gasteiger partial charge in [0, 0.05) is 0 Å². The highest BCUT2D eigenvalue weighted by atomic mass is 19.1. The molecule has 0 spiro atoms. The summed E-state index contributed by atoms with van der Waals surface area (Å²) in [5.41, 5.74) is 0.859. The maximum absolute atomic E-state index is 13.4. The summed E-state index contributed by atoms with van der Waals surface area (Å²) < 4.78 is 18.8. The minimum Gasteiger partial charge on any atom is -0.491 e. The zero-order valence-corrected chi connectivity index (χ0v) is 9.29. The number of allylic oxidation sites excluding steroid dienone is 1. The molecule has 0 aliphatic rings. The van der Waals surface area contributed by atoms with Crippen molar-refractivity contribution in [1.29, 1.82) is 0 Å². The molecular weight excluding hydrogens is 191 g/mol. The summed E-state index contributed by atoms with van der Waals surface area (Å²) in [5, 5.41) is 0. The molecule has 82 valence electrons. The summed E-state index contributed by atoms with van der Waals surface area (Å²) in [6.45, 7) is 4.56. The lowest BCUT2D eigenvalue weighted by molar-refractivity contribution is 0.294. The van der Waals surface area contributed by atoms with Crippen LogP contribution in [0.15, 0.2) is 24.3 Å². The third-order valence-electron chi connectivity index (χ3n) is 2.07. The lowest BCUT2D eigenvalue weighted by Gasteiger charge is -2.06. The molecule has 0 atom stereocenters. The Morgan fingerprint density at radius 3 is 2.80 bits per heavy atom. The Labute approximate surface area is 90.6 Å². The number of hydrogen-bond donors (Lipinski definition) is 0. The van der Waals surface area contributed by atoms with E-state index in [1.165, 1.54) is 6.07 Å². The Hall–Kier alpha value is -1.31. The first-order valence-electron chi connectivity index (χ1n) is 5.33. The molecule has 0 unspecified atom stereocenters. The number of rotatable bonds is 5. The van der Waals surface area contributed by atoms with Gasteiger partial charge in [0.1, 0.15) is 0 Å². The fourth-order valence-corrected chi connectivity index (χ4v) is 1.26. The summed E-state index contributed by atoms with van der Waals surface area (Å²) >= 11 is 0. The Morgan fingerprint density at radius 1 is 1.40 bits per heavy atom. The van der Waals surface area contributed by atoms with E-state index in [0.717, 1.165) is 18.4 Å². The Morgan fingerprint density at radius 2 is 2.20 bits per heavy atom. The van der Waals surface area contributed by atoms with Crippen molar-refractivity contribution in [2.75, 3.05) is 6.61 Å². The van der Waals surface area contributed by atoms with Crippen molar-refractivity contribution in [2.45, 2.75) is 26.7 Å². The number of hydrogen-bond acceptors (Lipinski definition) is 1. The molecular formula is C13H17FO. The predicted molar refractivity (Wildman–Crippen MR) is 61.5 cm³/mol. The quantitative estimate of drug-likeness (QED) is 0.663. The van der Waals surface area contributed by atoms with Crippen LogP contribution >= 0.6 is 0 Å². The van der Waals surface area contributed by atoms with E-state index in [1.807, 2.05) is 25.1 Å². The fraction of sp³-hybridized carbons (Fsp3) is 0.385. The van der Waals surface area contributed by atoms with Crippen LogP contribution in [0, 0.1) is 5.82 Å². The maximum Gasteiger partial charge on any atom is 0.165 e. The summed E-state index contributed by atoms with van der Waals surface area (Å²) in [6.07, 6.45) is 5.75. The van der Waals surface area contributed by atoms with Crippen molar-refractivity contribution in [1.82, 2.24) is 0 Å². The van der Waals surface area contributed by atoms with E-state index in [2.05, 4.69) is 6.92 Å². The van der Waals surface area contributed by atoms with Crippen molar-refractivity contribution >= 4 is 6.08 Å². The van der Waals surface area contributed by atoms with Gasteiger partial charge in [0.15, 0.2) is 11.6 Å². The standard InChI is InChI=1S/C13H17FO/c1-3-5-9-15-13-8-7-11(6-4-2)10-12(13)14/h4,6-8,10H,3,5,9H2,1-2H3. The van der Waals surface area contributed by atoms with E-state index in [-0.39, 0.29) is 5.82 Å². The van der Waals surface area contributed by atoms with Gasteiger partial charge >= 0.3 is 0 Å². The van der Waals surface area contributed by atoms with Crippen molar-refractivity contribution in [3.63, 3.8) is 0 Å². The first-order valence-corrected chi connectivity index (χ1v) is 5.33. The van der Waals surface area contributed by atoms with E-state index >= 15 is 0 Å². The Kier molecular flexibility index (Phi) is 4.88. The van der Waals surface area contributed by atoms with Gasteiger partial charge in [-0.1, -0.05) is 31.6 Å². The normalized spacial score (nSPS) is 10.9. The SMILES string of the molecule is CC=Cc1ccc(OCCCC)c(F)c1. The molecule has 0 aliphatic carbocycles. The largest absolute Gasteiger partial charge is 0.491 e. The predicted octanol–water partition coefficient (Wildman–Crippen LogP) is 4.04. The molecule has 0 heterocycles. The minimum atomic E-state index is -0.290. The van der Waals surface area contributed by atoms with E-state index in [9.17, 15) is 4.39 Å². The zero-order valence-electron chi connectivity index (χ0n) is 9.29. The molecule has 0 amide bonds. The summed E-state index contributed by atoms with van der Waals surface area (Å²) in [4.78, 5) is 0. The molecule has 1 nitrogen and oxygen atoms in total. The van der Waals surface area contributed by atoms with Gasteiger partial charge in [-0.25, -0.2) is 4.39 Å². The van der Waals surface area contributed by atoms with Crippen molar-refractivity contribution in [3.8, 4) is 5.75 Å². The van der Waals surface area contributed by atoms with Crippen molar-refractivity contribution in [2.24, 2.45) is 0 Å². The van der Waals surface area contributed by atoms with Gasteiger partial charge < -0.3 is 4.74 Å². The molecule has 0 N–H and O–H groups in total. The van der Waals surface area contributed by atoms with Crippen LogP contribution in [0.25, 0.3) is 6.08 Å². The highest BCUT2D eigenvalue weighted by Gasteiger charge is 2.02. The van der Waals surface area contributed by atoms with Crippen LogP contribution in [0.3, 0.4) is 0 Å². The van der Waals surface area contributed by atoms with Crippen LogP contribution in [0.1, 0.15) is 32.3 Å². The van der Waals surface area contributed by atoms with Gasteiger partial charge in [-0.3, -0.25) is 0 Å². The van der Waals surface area contributed by atoms with E-state index < -0.39 is 0 Å². The van der Waals surface area contributed by atoms with Gasteiger partial charge in [0.2, 0.25) is 0 Å². The Balaban J connectivity index is 2.66. The molecule has 0 radical (unpaired) electrons. The molecule has 1 aromatic carbocycles. The second kappa shape index (κ2) is 6.23. The zero-order chi connectivity index (χ0) is 11.1. The van der Waals surface area contributed by atoms with Gasteiger partial charge in [0.25, 0.3) is 0 Å². The maximum atomic E-state index is 13.4. The Bertz CT molecular complexity index is 331. The minimum absolute atomic E-state index is 0.290. The third kappa shape index (κ3) is 3.74. The topological polar surface area (TPSA) is 9.23 Å². The molecule has 15 heavy (non-hydrogen) atoms. The lowest BCUT2D eigenvalue weighted by atomic mass is 10.2. The van der Waals surface area contributed by atoms with E-state index in [4.69, 9.17) is 4.74 Å². The van der Waals surface area contributed by atoms with E-state index in [1.54, 1.807) is 6.07 Å². The van der Waals surface area contributed by atoms with Gasteiger partial charge in [0.05, 0.1) is 6.61 Å². The lowest BCUT2D eigenvalue weighted by Crippen LogP contribution is -1.98. The third-order valence-corrected chi connectivity index (χ3v) is 2.07. The monoisotopic (exact) mass is 208 g/mol. The molecule has 1 rings (SSSR count). The van der Waals surface area contributed by atoms with Crippen molar-refractivity contribution < 1.29 is 9.13 Å². The molecule has 1 aromatic rings. The number of benzene rings is 1. The number of unbranched alkanes of at least 4 members (excludes halogenated alkanes) is 1. The van der Waals surface area contributed by atoms with Crippen LogP contribution in [-0.2, 0) is 0 Å². The molecule has 2 heteroatoms. The highest BCUT2D eigenvalue weighted by molar-refractivity contribution is 5.50. The number of ether oxygens (including phenoxy) is 1. The first kappa shape index (κ1) is 11.8. The molecule has 0 fully saturated rings. The molecule has 0 saturated heterocycles. The second-order valence-electron chi connectivity index (χ2n) is 3.39. The molecule has 0 aliphatic heterocycles. The fourth-order valence-electron chi connectivity index (χ4n) is 1.26. The smallest absolute Gasteiger partial charge is 0.165 e. The molecule has 0 bridgehead atoms. The van der Waals surface area contributed by atoms with Crippen LogP contribution in [0.2, 0.25) is 0 Å². The van der Waals surface area contributed by atoms with Crippen LogP contribution in [0.5, 0.6) is 5.75 Å². The summed E-state index contributed by atoms with van der Waals surface area (Å²) in [5.74, 6) is 0.0541. The van der Waals surface area contributed by atoms with Crippen LogP contribution < -0.4 is 4.74 Å². The summed E-state index contributed by atoms with van der Waals surface area (Å²) in [7, 11) is 0. The van der Waals surface area contributed by atoms with E-state index in [0.29, 0.717) is 12.4 Å². The van der Waals surface area contributed by atoms with Crippen LogP contribution in [-0.4, -0.2) is 6.61 Å². The van der Waals surface area contributed by atoms with Crippen LogP contribution in [0.4, 0.5) is 4.39 Å². The van der Waals surface area contributed by atoms with Gasteiger partial charge in [-0.15, -0.1) is 0 Å². The molecule has 0 aromatic heterocycles.